The van der Waals surface area contributed by atoms with E-state index in [2.05, 4.69) is 46.7 Å². The molecule has 11 heteroatoms. The van der Waals surface area contributed by atoms with Crippen molar-refractivity contribution in [2.75, 3.05) is 36.6 Å². The maximum Gasteiger partial charge on any atom is 0.248 e. The van der Waals surface area contributed by atoms with Gasteiger partial charge in [-0.15, -0.1) is 12.4 Å². The number of hydrogen-bond acceptors (Lipinski definition) is 7. The van der Waals surface area contributed by atoms with E-state index in [4.69, 9.17) is 10.1 Å². The van der Waals surface area contributed by atoms with Crippen LogP contribution in [-0.4, -0.2) is 51.7 Å². The molecule has 0 amide bonds. The van der Waals surface area contributed by atoms with Gasteiger partial charge in [-0.1, -0.05) is 0 Å². The Morgan fingerprint density at radius 1 is 1.36 bits per heavy atom. The van der Waals surface area contributed by atoms with Crippen molar-refractivity contribution >= 4 is 51.7 Å². The number of fused-ring (bicyclic) bond motifs is 1. The molecule has 1 aliphatic heterocycles. The van der Waals surface area contributed by atoms with Gasteiger partial charge in [-0.25, -0.2) is 0 Å². The number of hydrazine groups is 1. The molecule has 3 N–H and O–H groups in total. The van der Waals surface area contributed by atoms with Crippen molar-refractivity contribution in [3.05, 3.63) is 10.7 Å². The van der Waals surface area contributed by atoms with E-state index in [1.54, 1.807) is 17.6 Å². The highest BCUT2D eigenvalue weighted by molar-refractivity contribution is 9.10. The fourth-order valence-corrected chi connectivity index (χ4v) is 2.32. The van der Waals surface area contributed by atoms with Gasteiger partial charge in [0.2, 0.25) is 11.9 Å². The van der Waals surface area contributed by atoms with E-state index >= 15 is 0 Å². The van der Waals surface area contributed by atoms with Crippen LogP contribution in [0.25, 0.3) is 5.65 Å². The first-order chi connectivity index (χ1) is 10.1. The molecule has 0 unspecified atom stereocenters. The number of nitrogens with one attached hydrogen (secondary N) is 3. The second-order valence-electron chi connectivity index (χ2n) is 4.55. The highest BCUT2D eigenvalue weighted by Gasteiger charge is 2.18. The third kappa shape index (κ3) is 3.39. The Hall–Kier alpha value is -1.65. The molecule has 22 heavy (non-hydrogen) atoms. The Morgan fingerprint density at radius 3 is 2.77 bits per heavy atom. The first kappa shape index (κ1) is 16.7. The van der Waals surface area contributed by atoms with Crippen LogP contribution in [0.5, 0.6) is 0 Å². The Balaban J connectivity index is 0.00000176. The van der Waals surface area contributed by atoms with Crippen LogP contribution in [-0.2, 0) is 4.74 Å². The van der Waals surface area contributed by atoms with Crippen molar-refractivity contribution in [2.45, 2.75) is 6.92 Å². The molecular formula is C11H16BrClN8O. The van der Waals surface area contributed by atoms with Crippen LogP contribution in [0.15, 0.2) is 10.7 Å². The number of rotatable bonds is 3. The van der Waals surface area contributed by atoms with Gasteiger partial charge in [0.25, 0.3) is 0 Å². The van der Waals surface area contributed by atoms with Crippen molar-refractivity contribution in [2.24, 2.45) is 0 Å². The molecule has 1 aliphatic rings. The number of hydrogen-bond donors (Lipinski definition) is 3. The molecule has 1 saturated heterocycles. The molecule has 0 bridgehead atoms. The largest absolute Gasteiger partial charge is 0.378 e. The lowest BCUT2D eigenvalue weighted by Crippen LogP contribution is -2.38. The molecule has 0 radical (unpaired) electrons. The van der Waals surface area contributed by atoms with E-state index in [-0.39, 0.29) is 18.2 Å². The maximum atomic E-state index is 7.42. The minimum absolute atomic E-state index is 0. The fourth-order valence-electron chi connectivity index (χ4n) is 1.97. The van der Waals surface area contributed by atoms with E-state index < -0.39 is 0 Å². The Labute approximate surface area is 141 Å². The summed E-state index contributed by atoms with van der Waals surface area (Å²) >= 11 is 3.43. The third-order valence-electron chi connectivity index (χ3n) is 2.97. The summed E-state index contributed by atoms with van der Waals surface area (Å²) in [6.45, 7) is 4.45. The molecule has 2 aromatic heterocycles. The minimum atomic E-state index is 0. The van der Waals surface area contributed by atoms with E-state index in [0.717, 1.165) is 17.6 Å². The van der Waals surface area contributed by atoms with E-state index in [1.807, 2.05) is 0 Å². The first-order valence-electron chi connectivity index (χ1n) is 6.46. The van der Waals surface area contributed by atoms with Crippen LogP contribution in [0.2, 0.25) is 0 Å². The average molecular weight is 392 g/mol. The Kier molecular flexibility index (Phi) is 5.37. The lowest BCUT2D eigenvalue weighted by atomic mass is 10.4. The number of aromatic nitrogens is 4. The van der Waals surface area contributed by atoms with Crippen molar-refractivity contribution in [3.63, 3.8) is 0 Å². The van der Waals surface area contributed by atoms with Crippen molar-refractivity contribution in [1.29, 1.82) is 5.41 Å². The molecule has 9 nitrogen and oxygen atoms in total. The van der Waals surface area contributed by atoms with Gasteiger partial charge in [-0.3, -0.25) is 16.3 Å². The Morgan fingerprint density at radius 2 is 2.09 bits per heavy atom. The van der Waals surface area contributed by atoms with E-state index in [9.17, 15) is 0 Å². The molecule has 3 rings (SSSR count). The zero-order chi connectivity index (χ0) is 14.8. The van der Waals surface area contributed by atoms with Gasteiger partial charge in [-0.2, -0.15) is 19.6 Å². The SMILES string of the molecule is CC(=N)NNc1nc(N2CCOCC2)nc2c(Br)cnn12.Cl. The smallest absolute Gasteiger partial charge is 0.248 e. The summed E-state index contributed by atoms with van der Waals surface area (Å²) in [5, 5.41) is 11.6. The molecule has 2 aromatic rings. The average Bonchev–Trinajstić information content (AvgIpc) is 2.87. The Bertz CT molecular complexity index is 671. The lowest BCUT2D eigenvalue weighted by Gasteiger charge is -2.27. The predicted molar refractivity (Wildman–Crippen MR) is 88.9 cm³/mol. The molecule has 120 valence electrons. The van der Waals surface area contributed by atoms with E-state index in [1.165, 1.54) is 0 Å². The van der Waals surface area contributed by atoms with Crippen molar-refractivity contribution < 1.29 is 4.74 Å². The van der Waals surface area contributed by atoms with Crippen LogP contribution >= 0.6 is 28.3 Å². The molecule has 1 fully saturated rings. The third-order valence-corrected chi connectivity index (χ3v) is 3.53. The molecule has 0 atom stereocenters. The summed E-state index contributed by atoms with van der Waals surface area (Å²) in [7, 11) is 0. The quantitative estimate of drug-likeness (QED) is 0.408. The van der Waals surface area contributed by atoms with Crippen LogP contribution < -0.4 is 15.8 Å². The van der Waals surface area contributed by atoms with Crippen LogP contribution in [0.4, 0.5) is 11.9 Å². The predicted octanol–water partition coefficient (Wildman–Crippen LogP) is 1.06. The summed E-state index contributed by atoms with van der Waals surface area (Å²) in [5.41, 5.74) is 6.26. The van der Waals surface area contributed by atoms with Gasteiger partial charge in [0.15, 0.2) is 5.65 Å². The molecule has 0 aromatic carbocycles. The fraction of sp³-hybridized carbons (Fsp3) is 0.455. The van der Waals surface area contributed by atoms with Crippen molar-refractivity contribution in [3.8, 4) is 0 Å². The van der Waals surface area contributed by atoms with Crippen LogP contribution in [0.3, 0.4) is 0 Å². The van der Waals surface area contributed by atoms with Gasteiger partial charge in [0, 0.05) is 13.1 Å². The standard InChI is InChI=1S/C11H15BrN8O.ClH/c1-7(13)17-18-11-16-10(19-2-4-21-5-3-19)15-9-8(12)6-14-20(9)11;/h6H,2-5H2,1H3,(H2,13,17)(H,15,16,18);1H. The number of amidine groups is 1. The normalized spacial score (nSPS) is 14.5. The number of anilines is 2. The van der Waals surface area contributed by atoms with Crippen molar-refractivity contribution in [1.82, 2.24) is 25.0 Å². The van der Waals surface area contributed by atoms with Crippen LogP contribution in [0, 0.1) is 5.41 Å². The molecule has 0 aliphatic carbocycles. The number of nitrogens with zero attached hydrogens (tertiary/aromatic N) is 5. The summed E-state index contributed by atoms with van der Waals surface area (Å²) in [6.07, 6.45) is 1.66. The zero-order valence-corrected chi connectivity index (χ0v) is 14.2. The van der Waals surface area contributed by atoms with Gasteiger partial charge < -0.3 is 9.64 Å². The van der Waals surface area contributed by atoms with Gasteiger partial charge in [0.1, 0.15) is 5.84 Å². The first-order valence-corrected chi connectivity index (χ1v) is 7.25. The zero-order valence-electron chi connectivity index (χ0n) is 11.8. The highest BCUT2D eigenvalue weighted by atomic mass is 79.9. The number of ether oxygens (including phenoxy) is 1. The second kappa shape index (κ2) is 7.07. The van der Waals surface area contributed by atoms with Gasteiger partial charge >= 0.3 is 0 Å². The van der Waals surface area contributed by atoms with E-state index in [0.29, 0.717) is 30.8 Å². The number of morpholine rings is 1. The monoisotopic (exact) mass is 390 g/mol. The summed E-state index contributed by atoms with van der Waals surface area (Å²) < 4.78 is 7.71. The van der Waals surface area contributed by atoms with Gasteiger partial charge in [-0.05, 0) is 22.9 Å². The van der Waals surface area contributed by atoms with Crippen LogP contribution in [0.1, 0.15) is 6.92 Å². The summed E-state index contributed by atoms with van der Waals surface area (Å²) in [6, 6.07) is 0. The minimum Gasteiger partial charge on any atom is -0.378 e. The van der Waals surface area contributed by atoms with Gasteiger partial charge in [0.05, 0.1) is 23.9 Å². The lowest BCUT2D eigenvalue weighted by molar-refractivity contribution is 0.122. The second-order valence-corrected chi connectivity index (χ2v) is 5.40. The number of halogens is 2. The molecule has 0 spiro atoms. The molecular weight excluding hydrogens is 376 g/mol. The highest BCUT2D eigenvalue weighted by Crippen LogP contribution is 2.21. The topological polar surface area (TPSA) is 103 Å². The summed E-state index contributed by atoms with van der Waals surface area (Å²) in [5.74, 6) is 1.36. The summed E-state index contributed by atoms with van der Waals surface area (Å²) in [4.78, 5) is 11.1. The molecule has 3 heterocycles. The maximum absolute atomic E-state index is 7.42. The molecule has 0 saturated carbocycles.